The van der Waals surface area contributed by atoms with E-state index in [1.807, 2.05) is 0 Å². The average Bonchev–Trinajstić information content (AvgIpc) is 2.89. The summed E-state index contributed by atoms with van der Waals surface area (Å²) in [6, 6.07) is 10.9. The van der Waals surface area contributed by atoms with Gasteiger partial charge in [0.2, 0.25) is 0 Å². The van der Waals surface area contributed by atoms with Gasteiger partial charge in [-0.15, -0.1) is 0 Å². The fourth-order valence-electron chi connectivity index (χ4n) is 5.05. The van der Waals surface area contributed by atoms with E-state index in [1.165, 1.54) is 61.5 Å². The highest BCUT2D eigenvalue weighted by atomic mass is 15.0. The number of rotatable bonds is 3. The predicted molar refractivity (Wildman–Crippen MR) is 98.2 cm³/mol. The van der Waals surface area contributed by atoms with Crippen molar-refractivity contribution in [3.05, 3.63) is 36.0 Å². The van der Waals surface area contributed by atoms with Gasteiger partial charge in [-0.25, -0.2) is 0 Å². The Morgan fingerprint density at radius 1 is 1.22 bits per heavy atom. The summed E-state index contributed by atoms with van der Waals surface area (Å²) in [5.74, 6) is 1.85. The molecule has 1 heterocycles. The Morgan fingerprint density at radius 2 is 1.96 bits per heavy atom. The van der Waals surface area contributed by atoms with Gasteiger partial charge in [0, 0.05) is 24.2 Å². The smallest absolute Gasteiger partial charge is 0.0611 e. The first kappa shape index (κ1) is 15.0. The van der Waals surface area contributed by atoms with E-state index in [2.05, 4.69) is 55.1 Å². The van der Waals surface area contributed by atoms with Gasteiger partial charge in [0.05, 0.1) is 11.2 Å². The van der Waals surface area contributed by atoms with Crippen molar-refractivity contribution < 1.29 is 0 Å². The normalized spacial score (nSPS) is 31.0. The van der Waals surface area contributed by atoms with Crippen LogP contribution in [0, 0.1) is 11.8 Å². The molecule has 2 bridgehead atoms. The number of nitrogens with zero attached hydrogens (tertiary/aromatic N) is 2. The lowest BCUT2D eigenvalue weighted by molar-refractivity contribution is 0.113. The molecule has 2 unspecified atom stereocenters. The zero-order chi connectivity index (χ0) is 15.9. The minimum Gasteiger partial charge on any atom is -0.343 e. The summed E-state index contributed by atoms with van der Waals surface area (Å²) >= 11 is 0. The van der Waals surface area contributed by atoms with Crippen LogP contribution in [0.25, 0.3) is 10.9 Å². The fraction of sp³-hybridized carbons (Fsp3) is 0.571. The molecular weight excluding hydrogens is 280 g/mol. The van der Waals surface area contributed by atoms with Crippen molar-refractivity contribution >= 4 is 17.1 Å². The van der Waals surface area contributed by atoms with Crippen LogP contribution < -0.4 is 0 Å². The number of para-hydroxylation sites is 1. The van der Waals surface area contributed by atoms with Crippen molar-refractivity contribution in [3.63, 3.8) is 0 Å². The Morgan fingerprint density at radius 3 is 2.65 bits per heavy atom. The maximum absolute atomic E-state index is 5.20. The standard InChI is InChI=1S/C21H28N2/c1-3-21(13-16-7-6-8-17(11-16)14-21)22-15-19-12-18-9-4-5-10-20(18)23(19)2/h4-5,9-10,12,15-17H,3,6-8,11,13-14H2,1-2H3/b22-15+. The van der Waals surface area contributed by atoms with Gasteiger partial charge in [-0.3, -0.25) is 4.99 Å². The van der Waals surface area contributed by atoms with E-state index in [0.29, 0.717) is 0 Å². The summed E-state index contributed by atoms with van der Waals surface area (Å²) in [7, 11) is 2.15. The maximum atomic E-state index is 5.20. The lowest BCUT2D eigenvalue weighted by atomic mass is 9.64. The Bertz CT molecular complexity index is 713. The Labute approximate surface area is 139 Å². The van der Waals surface area contributed by atoms with Crippen LogP contribution >= 0.6 is 0 Å². The van der Waals surface area contributed by atoms with Crippen LogP contribution in [-0.2, 0) is 7.05 Å². The van der Waals surface area contributed by atoms with Crippen LogP contribution in [0.3, 0.4) is 0 Å². The van der Waals surface area contributed by atoms with E-state index in [9.17, 15) is 0 Å². The summed E-state index contributed by atoms with van der Waals surface area (Å²) in [5, 5.41) is 1.31. The van der Waals surface area contributed by atoms with E-state index in [0.717, 1.165) is 11.8 Å². The van der Waals surface area contributed by atoms with Gasteiger partial charge in [-0.2, -0.15) is 0 Å². The van der Waals surface area contributed by atoms with E-state index in [-0.39, 0.29) is 5.54 Å². The lowest BCUT2D eigenvalue weighted by Crippen LogP contribution is -2.39. The first-order valence-electron chi connectivity index (χ1n) is 9.29. The molecule has 0 aliphatic heterocycles. The first-order valence-corrected chi connectivity index (χ1v) is 9.29. The van der Waals surface area contributed by atoms with Crippen LogP contribution in [0.5, 0.6) is 0 Å². The SMILES string of the molecule is CCC1(/N=C/c2cc3ccccc3n2C)CC2CCCC(C2)C1. The molecule has 2 heteroatoms. The topological polar surface area (TPSA) is 17.3 Å². The number of hydrogen-bond donors (Lipinski definition) is 0. The number of aromatic nitrogens is 1. The van der Waals surface area contributed by atoms with Crippen molar-refractivity contribution in [3.8, 4) is 0 Å². The predicted octanol–water partition coefficient (Wildman–Crippen LogP) is 5.35. The molecule has 0 amide bonds. The Kier molecular flexibility index (Phi) is 3.79. The first-order chi connectivity index (χ1) is 11.2. The van der Waals surface area contributed by atoms with Crippen LogP contribution in [0.15, 0.2) is 35.3 Å². The van der Waals surface area contributed by atoms with Gasteiger partial charge in [0.25, 0.3) is 0 Å². The van der Waals surface area contributed by atoms with Gasteiger partial charge >= 0.3 is 0 Å². The molecule has 0 spiro atoms. The minimum absolute atomic E-state index is 0.199. The zero-order valence-corrected chi connectivity index (χ0v) is 14.5. The third-order valence-electron chi connectivity index (χ3n) is 6.35. The molecule has 2 atom stereocenters. The Balaban J connectivity index is 1.64. The second kappa shape index (κ2) is 5.81. The highest BCUT2D eigenvalue weighted by Crippen LogP contribution is 2.47. The molecule has 0 saturated heterocycles. The van der Waals surface area contributed by atoms with E-state index in [4.69, 9.17) is 4.99 Å². The van der Waals surface area contributed by atoms with Crippen LogP contribution in [0.1, 0.15) is 57.6 Å². The van der Waals surface area contributed by atoms with Crippen LogP contribution in [0.4, 0.5) is 0 Å². The average molecular weight is 308 g/mol. The molecular formula is C21H28N2. The maximum Gasteiger partial charge on any atom is 0.0611 e. The van der Waals surface area contributed by atoms with Crippen molar-refractivity contribution in [1.29, 1.82) is 0 Å². The number of fused-ring (bicyclic) bond motifs is 3. The van der Waals surface area contributed by atoms with Crippen LogP contribution in [0.2, 0.25) is 0 Å². The third-order valence-corrected chi connectivity index (χ3v) is 6.35. The lowest BCUT2D eigenvalue weighted by Gasteiger charge is -2.45. The molecule has 1 aromatic heterocycles. The molecule has 2 aliphatic carbocycles. The summed E-state index contributed by atoms with van der Waals surface area (Å²) in [4.78, 5) is 5.20. The second-order valence-electron chi connectivity index (χ2n) is 7.83. The zero-order valence-electron chi connectivity index (χ0n) is 14.5. The molecule has 2 aliphatic rings. The summed E-state index contributed by atoms with van der Waals surface area (Å²) in [6.45, 7) is 2.33. The monoisotopic (exact) mass is 308 g/mol. The van der Waals surface area contributed by atoms with Crippen molar-refractivity contribution in [1.82, 2.24) is 4.57 Å². The van der Waals surface area contributed by atoms with Crippen molar-refractivity contribution in [2.45, 2.75) is 57.4 Å². The molecule has 0 radical (unpaired) electrons. The highest BCUT2D eigenvalue weighted by molar-refractivity contribution is 5.90. The number of aliphatic imine (C=N–C) groups is 1. The number of benzene rings is 1. The quantitative estimate of drug-likeness (QED) is 0.680. The van der Waals surface area contributed by atoms with Gasteiger partial charge in [0.15, 0.2) is 0 Å². The molecule has 23 heavy (non-hydrogen) atoms. The van der Waals surface area contributed by atoms with Crippen molar-refractivity contribution in [2.24, 2.45) is 23.9 Å². The summed E-state index contributed by atoms with van der Waals surface area (Å²) < 4.78 is 2.27. The molecule has 0 N–H and O–H groups in total. The Hall–Kier alpha value is -1.57. The summed E-state index contributed by atoms with van der Waals surface area (Å²) in [5.41, 5.74) is 2.72. The molecule has 122 valence electrons. The van der Waals surface area contributed by atoms with E-state index < -0.39 is 0 Å². The largest absolute Gasteiger partial charge is 0.343 e. The van der Waals surface area contributed by atoms with Gasteiger partial charge in [0.1, 0.15) is 0 Å². The summed E-state index contributed by atoms with van der Waals surface area (Å²) in [6.07, 6.45) is 11.7. The van der Waals surface area contributed by atoms with Gasteiger partial charge in [-0.1, -0.05) is 44.4 Å². The molecule has 2 nitrogen and oxygen atoms in total. The molecule has 1 aromatic carbocycles. The van der Waals surface area contributed by atoms with E-state index >= 15 is 0 Å². The second-order valence-corrected chi connectivity index (χ2v) is 7.83. The molecule has 4 rings (SSSR count). The minimum atomic E-state index is 0.199. The molecule has 2 fully saturated rings. The van der Waals surface area contributed by atoms with E-state index in [1.54, 1.807) is 0 Å². The van der Waals surface area contributed by atoms with Gasteiger partial charge < -0.3 is 4.57 Å². The molecule has 2 saturated carbocycles. The van der Waals surface area contributed by atoms with Gasteiger partial charge in [-0.05, 0) is 49.7 Å². The number of hydrogen-bond acceptors (Lipinski definition) is 1. The molecule has 2 aromatic rings. The fourth-order valence-corrected chi connectivity index (χ4v) is 5.05. The highest BCUT2D eigenvalue weighted by Gasteiger charge is 2.40. The third kappa shape index (κ3) is 2.73. The van der Waals surface area contributed by atoms with Crippen molar-refractivity contribution in [2.75, 3.05) is 0 Å². The number of aryl methyl sites for hydroxylation is 1. The van der Waals surface area contributed by atoms with Crippen LogP contribution in [-0.4, -0.2) is 16.3 Å².